The maximum Gasteiger partial charge on any atom is 0.416 e. The fourth-order valence-corrected chi connectivity index (χ4v) is 8.57. The molecule has 0 spiro atoms. The van der Waals surface area contributed by atoms with Crippen LogP contribution in [0.25, 0.3) is 10.8 Å². The Bertz CT molecular complexity index is 2990. The topological polar surface area (TPSA) is 58.2 Å². The van der Waals surface area contributed by atoms with Crippen LogP contribution >= 0.6 is 0 Å². The van der Waals surface area contributed by atoms with Gasteiger partial charge < -0.3 is 5.11 Å². The Hall–Kier alpha value is -7.75. The maximum absolute atomic E-state index is 14.2. The summed E-state index contributed by atoms with van der Waals surface area (Å²) < 4.78 is 342. The first kappa shape index (κ1) is 60.5. The zero-order valence-electron chi connectivity index (χ0n) is 38.3. The highest BCUT2D eigenvalue weighted by atomic mass is 19.4. The normalized spacial score (nSPS) is 13.3. The van der Waals surface area contributed by atoms with E-state index >= 15 is 0 Å². The van der Waals surface area contributed by atoms with Crippen molar-refractivity contribution < 1.29 is 125 Å². The van der Waals surface area contributed by atoms with E-state index in [4.69, 9.17) is 0 Å². The fraction of sp³-hybridized carbons (Fsp3) is 0.180. The Morgan fingerprint density at radius 3 is 0.899 bits per heavy atom. The van der Waals surface area contributed by atoms with Crippen LogP contribution in [0.2, 0.25) is 0 Å². The second-order valence-corrected chi connectivity index (χ2v) is 17.2. The first-order valence-corrected chi connectivity index (χ1v) is 21.5. The molecule has 0 unspecified atom stereocenters. The Morgan fingerprint density at radius 2 is 0.633 bits per heavy atom. The quantitative estimate of drug-likeness (QED) is 0.0714. The number of ketones is 1. The van der Waals surface area contributed by atoms with E-state index in [0.29, 0.717) is 10.9 Å². The lowest BCUT2D eigenvalue weighted by atomic mass is 9.12. The summed E-state index contributed by atoms with van der Waals surface area (Å²) in [6.07, 6.45) is -53.2. The van der Waals surface area contributed by atoms with Crippen LogP contribution in [0, 0.1) is 0 Å². The second kappa shape index (κ2) is 20.8. The standard InChI is InChI=1S/C32H12BF24.C18H13NO3/c34-25(35,36)13-1-14(26(37,38)39)6-21(5-13)33(22-7-15(27(40,41)42)2-16(8-22)28(43,44)45,23-9-17(29(46,47)48)3-18(10-23)30(49,50)51)24-11-19(31(52,53)54)4-20(12-24)32(55,56)57;20-16(14-7-2-1-3-8-14)12-19-11-10-13-6-4-5-9-15(13)17(19)18(21)22/h1-12H;1-11H,12H2/q-1;/p+1. The molecule has 420 valence electrons. The number of aromatic carboxylic acids is 1. The van der Waals surface area contributed by atoms with Gasteiger partial charge >= 0.3 is 55.4 Å². The Morgan fingerprint density at radius 1 is 0.367 bits per heavy atom. The van der Waals surface area contributed by atoms with Crippen LogP contribution in [0.5, 0.6) is 0 Å². The van der Waals surface area contributed by atoms with E-state index in [1.165, 1.54) is 4.57 Å². The molecule has 1 heterocycles. The van der Waals surface area contributed by atoms with E-state index in [0.717, 1.165) is 5.39 Å². The molecule has 7 aromatic rings. The summed E-state index contributed by atoms with van der Waals surface area (Å²) in [5.74, 6) is -1.17. The van der Waals surface area contributed by atoms with Crippen LogP contribution in [-0.4, -0.2) is 23.0 Å². The van der Waals surface area contributed by atoms with Crippen molar-refractivity contribution in [3.8, 4) is 0 Å². The van der Waals surface area contributed by atoms with Gasteiger partial charge in [-0.3, -0.25) is 4.79 Å². The average Bonchev–Trinajstić information content (AvgIpc) is 3.54. The van der Waals surface area contributed by atoms with Crippen molar-refractivity contribution >= 4 is 50.5 Å². The van der Waals surface area contributed by atoms with Gasteiger partial charge in [0.2, 0.25) is 12.3 Å². The number of hydrogen-bond donors (Lipinski definition) is 1. The van der Waals surface area contributed by atoms with Crippen molar-refractivity contribution in [3.05, 3.63) is 195 Å². The Labute approximate surface area is 426 Å². The molecule has 0 saturated carbocycles. The molecule has 29 heteroatoms. The molecule has 6 aromatic carbocycles. The minimum Gasteiger partial charge on any atom is -0.473 e. The number of aromatic nitrogens is 1. The van der Waals surface area contributed by atoms with E-state index in [9.17, 15) is 120 Å². The number of carboxylic acids is 1. The number of benzene rings is 6. The average molecular weight is 1160 g/mol. The van der Waals surface area contributed by atoms with Crippen molar-refractivity contribution in [2.24, 2.45) is 0 Å². The zero-order chi connectivity index (χ0) is 59.4. The SMILES string of the molecule is FC(F)(F)c1cc([B-](c2cc(C(F)(F)F)cc(C(F)(F)F)c2)(c2cc(C(F)(F)F)cc(C(F)(F)F)c2)c2cc(C(F)(F)F)cc(C(F)(F)F)c2)cc(C(F)(F)F)c1.O=C(C[n+]1ccc2ccccc2c1C(=O)O)c1ccccc1. The molecule has 0 saturated heterocycles. The van der Waals surface area contributed by atoms with Gasteiger partial charge in [-0.25, -0.2) is 4.79 Å². The molecule has 1 N–H and O–H groups in total. The monoisotopic (exact) mass is 1160 g/mol. The highest BCUT2D eigenvalue weighted by molar-refractivity contribution is 7.20. The van der Waals surface area contributed by atoms with Crippen LogP contribution in [0.3, 0.4) is 0 Å². The molecule has 0 radical (unpaired) electrons. The molecule has 0 bridgehead atoms. The van der Waals surface area contributed by atoms with Crippen LogP contribution in [0.4, 0.5) is 105 Å². The molecule has 7 rings (SSSR count). The van der Waals surface area contributed by atoms with E-state index in [1.807, 2.05) is 24.3 Å². The first-order valence-electron chi connectivity index (χ1n) is 21.5. The largest absolute Gasteiger partial charge is 0.473 e. The van der Waals surface area contributed by atoms with Gasteiger partial charge in [0, 0.05) is 11.6 Å². The van der Waals surface area contributed by atoms with Gasteiger partial charge in [0.15, 0.2) is 6.20 Å². The summed E-state index contributed by atoms with van der Waals surface area (Å²) >= 11 is 0. The molecule has 79 heavy (non-hydrogen) atoms. The maximum atomic E-state index is 14.2. The first-order chi connectivity index (χ1) is 35.9. The number of fused-ring (bicyclic) bond motifs is 1. The zero-order valence-corrected chi connectivity index (χ0v) is 38.3. The van der Waals surface area contributed by atoms with Crippen molar-refractivity contribution in [2.45, 2.75) is 56.0 Å². The van der Waals surface area contributed by atoms with Crippen LogP contribution in [-0.2, 0) is 56.0 Å². The summed E-state index contributed by atoms with van der Waals surface area (Å²) in [7, 11) is 0. The molecular formula is C50H26BF24NO3. The van der Waals surface area contributed by atoms with Crippen LogP contribution in [0.1, 0.15) is 65.4 Å². The number of rotatable bonds is 8. The lowest BCUT2D eigenvalue weighted by molar-refractivity contribution is -0.684. The van der Waals surface area contributed by atoms with Gasteiger partial charge in [-0.05, 0) is 35.7 Å². The molecule has 0 aliphatic rings. The van der Waals surface area contributed by atoms with Crippen molar-refractivity contribution in [1.29, 1.82) is 0 Å². The fourth-order valence-electron chi connectivity index (χ4n) is 8.57. The van der Waals surface area contributed by atoms with Crippen LogP contribution < -0.4 is 26.4 Å². The summed E-state index contributed by atoms with van der Waals surface area (Å²) in [5, 5.41) is 11.0. The van der Waals surface area contributed by atoms with Gasteiger partial charge in [-0.2, -0.15) is 132 Å². The molecule has 0 fully saturated rings. The number of alkyl halides is 24. The molecule has 0 amide bonds. The summed E-state index contributed by atoms with van der Waals surface area (Å²) in [4.78, 5) is 23.9. The third kappa shape index (κ3) is 13.4. The highest BCUT2D eigenvalue weighted by Crippen LogP contribution is 2.41. The molecule has 0 aliphatic carbocycles. The van der Waals surface area contributed by atoms with Crippen LogP contribution in [0.15, 0.2) is 140 Å². The van der Waals surface area contributed by atoms with Gasteiger partial charge in [0.25, 0.3) is 5.69 Å². The Kier molecular flexibility index (Phi) is 15.9. The number of Topliss-reactive ketones (excluding diaryl/α,β-unsaturated/α-hetero) is 1. The predicted molar refractivity (Wildman–Crippen MR) is 232 cm³/mol. The third-order valence-corrected chi connectivity index (χ3v) is 12.0. The minimum atomic E-state index is -6.13. The number of carboxylic acid groups (broad SMARTS) is 1. The predicted octanol–water partition coefficient (Wildman–Crippen LogP) is 13.9. The number of halogens is 24. The molecule has 1 aromatic heterocycles. The van der Waals surface area contributed by atoms with E-state index < -0.39 is 201 Å². The van der Waals surface area contributed by atoms with E-state index in [2.05, 4.69) is 0 Å². The number of hydrogen-bond acceptors (Lipinski definition) is 2. The lowest BCUT2D eigenvalue weighted by Gasteiger charge is -2.46. The summed E-state index contributed by atoms with van der Waals surface area (Å²) in [6, 6.07) is 9.12. The number of pyridine rings is 1. The third-order valence-electron chi connectivity index (χ3n) is 12.0. The second-order valence-electron chi connectivity index (χ2n) is 17.2. The lowest BCUT2D eigenvalue weighted by Crippen LogP contribution is -2.75. The molecular weight excluding hydrogens is 1130 g/mol. The van der Waals surface area contributed by atoms with E-state index in [1.54, 1.807) is 42.6 Å². The van der Waals surface area contributed by atoms with Crippen molar-refractivity contribution in [3.63, 3.8) is 0 Å². The highest BCUT2D eigenvalue weighted by Gasteiger charge is 2.47. The summed E-state index contributed by atoms with van der Waals surface area (Å²) in [6.45, 7) is -0.00349. The van der Waals surface area contributed by atoms with Gasteiger partial charge in [0.1, 0.15) is 6.15 Å². The van der Waals surface area contributed by atoms with Gasteiger partial charge in [0.05, 0.1) is 49.9 Å². The number of carbonyl (C=O) groups excluding carboxylic acids is 1. The molecule has 0 aliphatic heterocycles. The van der Waals surface area contributed by atoms with Crippen molar-refractivity contribution in [1.82, 2.24) is 0 Å². The van der Waals surface area contributed by atoms with Crippen molar-refractivity contribution in [2.75, 3.05) is 0 Å². The van der Waals surface area contributed by atoms with Gasteiger partial charge in [-0.1, -0.05) is 97.1 Å². The minimum absolute atomic E-state index is 0.00349. The molecule has 0 atom stereocenters. The van der Waals surface area contributed by atoms with E-state index in [-0.39, 0.29) is 18.0 Å². The number of carbonyl (C=O) groups is 2. The summed E-state index contributed by atoms with van der Waals surface area (Å²) in [5.41, 5.74) is -29.5. The number of nitrogens with zero attached hydrogens (tertiary/aromatic N) is 1. The smallest absolute Gasteiger partial charge is 0.416 e. The Balaban J connectivity index is 0.000000378. The van der Waals surface area contributed by atoms with Gasteiger partial charge in [-0.15, -0.1) is 0 Å². The molecule has 4 nitrogen and oxygen atoms in total.